The van der Waals surface area contributed by atoms with Crippen molar-refractivity contribution in [3.05, 3.63) is 138 Å². The summed E-state index contributed by atoms with van der Waals surface area (Å²) in [5.41, 5.74) is 3.28. The van der Waals surface area contributed by atoms with Crippen LogP contribution in [0.4, 0.5) is 0 Å². The van der Waals surface area contributed by atoms with Crippen molar-refractivity contribution in [2.24, 2.45) is 0 Å². The maximum absolute atomic E-state index is 6.75. The van der Waals surface area contributed by atoms with E-state index in [0.29, 0.717) is 26.4 Å². The van der Waals surface area contributed by atoms with Crippen molar-refractivity contribution in [2.75, 3.05) is 6.61 Å². The molecule has 0 spiro atoms. The molecule has 0 bridgehead atoms. The van der Waals surface area contributed by atoms with E-state index in [4.69, 9.17) is 18.9 Å². The highest BCUT2D eigenvalue weighted by atomic mass is 127. The molecule has 1 aliphatic rings. The summed E-state index contributed by atoms with van der Waals surface area (Å²) in [4.78, 5) is 1.17. The van der Waals surface area contributed by atoms with Crippen LogP contribution in [0.2, 0.25) is 0 Å². The summed E-state index contributed by atoms with van der Waals surface area (Å²) in [5, 5.41) is 0. The normalized spacial score (nSPS) is 22.9. The number of halogens is 1. The number of rotatable bonds is 12. The van der Waals surface area contributed by atoms with Crippen molar-refractivity contribution >= 4 is 34.4 Å². The molecule has 1 aliphatic heterocycles. The van der Waals surface area contributed by atoms with E-state index in [1.807, 2.05) is 60.7 Å². The van der Waals surface area contributed by atoms with Gasteiger partial charge in [0.05, 0.1) is 30.4 Å². The minimum absolute atomic E-state index is 0.0580. The fourth-order valence-electron chi connectivity index (χ4n) is 4.52. The number of benzene rings is 4. The van der Waals surface area contributed by atoms with Gasteiger partial charge in [-0.05, 0) is 28.8 Å². The molecule has 6 heteroatoms. The zero-order valence-electron chi connectivity index (χ0n) is 21.7. The van der Waals surface area contributed by atoms with E-state index >= 15 is 0 Å². The lowest BCUT2D eigenvalue weighted by Crippen LogP contribution is -2.57. The van der Waals surface area contributed by atoms with Crippen LogP contribution >= 0.6 is 34.4 Å². The molecular weight excluding hydrogens is 619 g/mol. The highest BCUT2D eigenvalue weighted by Crippen LogP contribution is 2.40. The Morgan fingerprint density at radius 3 is 1.59 bits per heavy atom. The van der Waals surface area contributed by atoms with Gasteiger partial charge in [-0.2, -0.15) is 0 Å². The Labute approximate surface area is 249 Å². The maximum atomic E-state index is 6.75. The third-order valence-corrected chi connectivity index (χ3v) is 9.56. The van der Waals surface area contributed by atoms with E-state index in [1.165, 1.54) is 4.90 Å². The van der Waals surface area contributed by atoms with E-state index in [1.54, 1.807) is 11.8 Å². The molecule has 4 aromatic carbocycles. The smallest absolute Gasteiger partial charge is 0.122 e. The highest BCUT2D eigenvalue weighted by molar-refractivity contribution is 14.1. The zero-order valence-corrected chi connectivity index (χ0v) is 24.7. The number of thioether (sulfide) groups is 1. The van der Waals surface area contributed by atoms with Crippen molar-refractivity contribution < 1.29 is 18.9 Å². The average Bonchev–Trinajstić information content (AvgIpc) is 2.99. The minimum atomic E-state index is -0.292. The van der Waals surface area contributed by atoms with Gasteiger partial charge in [-0.3, -0.25) is 0 Å². The summed E-state index contributed by atoms with van der Waals surface area (Å²) in [6, 6.07) is 41.2. The molecule has 1 saturated heterocycles. The summed E-state index contributed by atoms with van der Waals surface area (Å²) in [6.45, 7) is 1.92. The van der Waals surface area contributed by atoms with Gasteiger partial charge in [0.15, 0.2) is 0 Å². The van der Waals surface area contributed by atoms with Crippen molar-refractivity contribution in [1.29, 1.82) is 0 Å². The molecule has 5 atom stereocenters. The Kier molecular flexibility index (Phi) is 10.9. The third-order valence-electron chi connectivity index (χ3n) is 6.53. The van der Waals surface area contributed by atoms with Gasteiger partial charge in [0.2, 0.25) is 0 Å². The minimum Gasteiger partial charge on any atom is -0.374 e. The lowest BCUT2D eigenvalue weighted by atomic mass is 10.0. The van der Waals surface area contributed by atoms with Crippen molar-refractivity contribution in [1.82, 2.24) is 0 Å². The maximum Gasteiger partial charge on any atom is 0.122 e. The average molecular weight is 653 g/mol. The van der Waals surface area contributed by atoms with E-state index in [-0.39, 0.29) is 27.7 Å². The molecule has 1 unspecified atom stereocenters. The van der Waals surface area contributed by atoms with Crippen LogP contribution in [0.5, 0.6) is 0 Å². The Hall–Kier alpha value is -2.20. The molecule has 1 fully saturated rings. The Balaban J connectivity index is 1.37. The van der Waals surface area contributed by atoms with Gasteiger partial charge in [-0.1, -0.05) is 144 Å². The molecule has 4 nitrogen and oxygen atoms in total. The zero-order chi connectivity index (χ0) is 26.7. The van der Waals surface area contributed by atoms with Crippen molar-refractivity contribution in [2.45, 2.75) is 52.4 Å². The quantitative estimate of drug-likeness (QED) is 0.116. The first-order valence-corrected chi connectivity index (χ1v) is 15.3. The predicted octanol–water partition coefficient (Wildman–Crippen LogP) is 7.69. The van der Waals surface area contributed by atoms with Crippen molar-refractivity contribution in [3.63, 3.8) is 0 Å². The van der Waals surface area contributed by atoms with Crippen LogP contribution in [0.25, 0.3) is 0 Å². The monoisotopic (exact) mass is 652 g/mol. The molecule has 5 rings (SSSR count). The first kappa shape index (κ1) is 28.3. The first-order valence-electron chi connectivity index (χ1n) is 13.2. The van der Waals surface area contributed by atoms with Crippen LogP contribution in [0.15, 0.2) is 126 Å². The van der Waals surface area contributed by atoms with Gasteiger partial charge in [-0.25, -0.2) is 0 Å². The Bertz CT molecular complexity index is 1230. The largest absolute Gasteiger partial charge is 0.374 e. The summed E-state index contributed by atoms with van der Waals surface area (Å²) >= 11 is 4.21. The van der Waals surface area contributed by atoms with Gasteiger partial charge < -0.3 is 18.9 Å². The number of alkyl halides is 1. The molecule has 1 heterocycles. The predicted molar refractivity (Wildman–Crippen MR) is 165 cm³/mol. The SMILES string of the molecule is I[C@H]1C(Sc2ccccc2)O[C@H](COCc2ccccc2)[C@@H](OCc2ccccc2)[C@H]1OCc1ccccc1. The number of hydrogen-bond donors (Lipinski definition) is 0. The van der Waals surface area contributed by atoms with Crippen LogP contribution in [0.1, 0.15) is 16.7 Å². The molecule has 0 aliphatic carbocycles. The standard InChI is InChI=1S/C33H33IO4S/c34-30-32(37-23-27-17-9-3-10-18-27)31(36-22-26-15-7-2-8-16-26)29(24-35-21-25-13-5-1-6-14-25)38-33(30)39-28-19-11-4-12-20-28/h1-20,29-33H,21-24H2/t29-,30-,31-,32+,33?/m1/s1. The van der Waals surface area contributed by atoms with Crippen LogP contribution in [-0.4, -0.2) is 34.3 Å². The molecule has 0 radical (unpaired) electrons. The Morgan fingerprint density at radius 2 is 1.05 bits per heavy atom. The van der Waals surface area contributed by atoms with Gasteiger partial charge in [0.25, 0.3) is 0 Å². The van der Waals surface area contributed by atoms with Gasteiger partial charge >= 0.3 is 0 Å². The highest BCUT2D eigenvalue weighted by Gasteiger charge is 2.47. The fourth-order valence-corrected chi connectivity index (χ4v) is 6.81. The molecule has 39 heavy (non-hydrogen) atoms. The van der Waals surface area contributed by atoms with Crippen molar-refractivity contribution in [3.8, 4) is 0 Å². The fraction of sp³-hybridized carbons (Fsp3) is 0.273. The first-order chi connectivity index (χ1) is 19.3. The molecule has 0 saturated carbocycles. The second-order valence-corrected chi connectivity index (χ2v) is 12.1. The topological polar surface area (TPSA) is 36.9 Å². The molecule has 0 amide bonds. The third kappa shape index (κ3) is 8.39. The number of hydrogen-bond acceptors (Lipinski definition) is 5. The van der Waals surface area contributed by atoms with Gasteiger partial charge in [0, 0.05) is 4.90 Å². The van der Waals surface area contributed by atoms with Crippen LogP contribution in [-0.2, 0) is 38.8 Å². The van der Waals surface area contributed by atoms with Crippen LogP contribution < -0.4 is 0 Å². The molecular formula is C33H33IO4S. The lowest BCUT2D eigenvalue weighted by molar-refractivity contribution is -0.199. The molecule has 4 aromatic rings. The summed E-state index contributed by atoms with van der Waals surface area (Å²) in [5.74, 6) is 0. The van der Waals surface area contributed by atoms with Gasteiger partial charge in [0.1, 0.15) is 23.7 Å². The summed E-state index contributed by atoms with van der Waals surface area (Å²) < 4.78 is 26.3. The second-order valence-electron chi connectivity index (χ2n) is 9.44. The lowest BCUT2D eigenvalue weighted by Gasteiger charge is -2.44. The molecule has 202 valence electrons. The molecule has 0 aromatic heterocycles. The van der Waals surface area contributed by atoms with Crippen LogP contribution in [0, 0.1) is 0 Å². The van der Waals surface area contributed by atoms with Gasteiger partial charge in [-0.15, -0.1) is 0 Å². The summed E-state index contributed by atoms with van der Waals surface area (Å²) in [7, 11) is 0. The number of ether oxygens (including phenoxy) is 4. The van der Waals surface area contributed by atoms with E-state index < -0.39 is 0 Å². The Morgan fingerprint density at radius 1 is 0.590 bits per heavy atom. The molecule has 0 N–H and O–H groups in total. The van der Waals surface area contributed by atoms with E-state index in [9.17, 15) is 0 Å². The van der Waals surface area contributed by atoms with Crippen LogP contribution in [0.3, 0.4) is 0 Å². The summed E-state index contributed by atoms with van der Waals surface area (Å²) in [6.07, 6.45) is -0.764. The van der Waals surface area contributed by atoms with E-state index in [0.717, 1.165) is 16.7 Å². The van der Waals surface area contributed by atoms with E-state index in [2.05, 4.69) is 83.3 Å². The second kappa shape index (κ2) is 15.0.